The van der Waals surface area contributed by atoms with Gasteiger partial charge < -0.3 is 24.8 Å². The van der Waals surface area contributed by atoms with Crippen molar-refractivity contribution in [3.63, 3.8) is 0 Å². The number of hydrogen-bond acceptors (Lipinski definition) is 5. The molecular formula is C32H34FN2O5. The Morgan fingerprint density at radius 2 is 1.48 bits per heavy atom. The second-order valence-corrected chi connectivity index (χ2v) is 11.3. The Balaban J connectivity index is 1.32. The molecule has 1 saturated heterocycles. The fourth-order valence-corrected chi connectivity index (χ4v) is 5.25. The lowest BCUT2D eigenvalue weighted by atomic mass is 9.84. The normalized spacial score (nSPS) is 17.3. The van der Waals surface area contributed by atoms with Gasteiger partial charge in [0.05, 0.1) is 11.0 Å². The number of aliphatic hydroxyl groups is 1. The molecule has 3 aromatic rings. The first-order valence-electron chi connectivity index (χ1n) is 13.7. The van der Waals surface area contributed by atoms with Crippen LogP contribution in [-0.2, 0) is 10.2 Å². The van der Waals surface area contributed by atoms with E-state index >= 15 is 0 Å². The van der Waals surface area contributed by atoms with E-state index in [-0.39, 0.29) is 11.8 Å². The van der Waals surface area contributed by atoms with Gasteiger partial charge in [0, 0.05) is 37.0 Å². The second kappa shape index (κ2) is 11.3. The summed E-state index contributed by atoms with van der Waals surface area (Å²) in [5, 5.41) is 13.8. The van der Waals surface area contributed by atoms with Gasteiger partial charge in [-0.05, 0) is 80.0 Å². The number of hydrogen-bond donors (Lipinski definition) is 2. The molecule has 3 aromatic carbocycles. The van der Waals surface area contributed by atoms with Crippen LogP contribution in [-0.4, -0.2) is 41.0 Å². The molecule has 8 heteroatoms. The van der Waals surface area contributed by atoms with Gasteiger partial charge >= 0.3 is 6.03 Å². The van der Waals surface area contributed by atoms with Crippen molar-refractivity contribution in [1.29, 1.82) is 0 Å². The predicted octanol–water partition coefficient (Wildman–Crippen LogP) is 6.96. The number of likely N-dealkylation sites (tertiary alicyclic amines) is 1. The zero-order chi connectivity index (χ0) is 28.3. The monoisotopic (exact) mass is 545 g/mol. The maximum absolute atomic E-state index is 13.4. The van der Waals surface area contributed by atoms with Crippen LogP contribution in [0, 0.1) is 11.7 Å². The number of nitrogens with zero attached hydrogens (tertiary/aromatic N) is 1. The smallest absolute Gasteiger partial charge is 0.321 e. The van der Waals surface area contributed by atoms with E-state index in [1.807, 2.05) is 12.1 Å². The van der Waals surface area contributed by atoms with Crippen molar-refractivity contribution in [3.05, 3.63) is 78.1 Å². The van der Waals surface area contributed by atoms with Gasteiger partial charge in [0.1, 0.15) is 28.8 Å². The number of anilines is 1. The molecule has 0 aromatic heterocycles. The topological polar surface area (TPSA) is 88.1 Å². The van der Waals surface area contributed by atoms with Gasteiger partial charge in [0.25, 0.3) is 0 Å². The molecule has 1 aliphatic heterocycles. The van der Waals surface area contributed by atoms with Gasteiger partial charge in [-0.25, -0.2) is 9.18 Å². The van der Waals surface area contributed by atoms with Crippen molar-refractivity contribution < 1.29 is 28.6 Å². The fraction of sp³-hybridized carbons (Fsp3) is 0.375. The molecule has 40 heavy (non-hydrogen) atoms. The SMILES string of the molecule is CC(C)CC1(O)CCN(C(=O)Nc2cc(Oc3ccc(F)cc3)cc(Oc3ccc(C4([C]=O)CC4)cc3)c2)CC1. The molecule has 1 heterocycles. The van der Waals surface area contributed by atoms with E-state index < -0.39 is 11.0 Å². The first kappa shape index (κ1) is 27.6. The van der Waals surface area contributed by atoms with Gasteiger partial charge in [0.15, 0.2) is 0 Å². The third kappa shape index (κ3) is 6.62. The summed E-state index contributed by atoms with van der Waals surface area (Å²) >= 11 is 0. The lowest BCUT2D eigenvalue weighted by Crippen LogP contribution is -2.48. The molecule has 0 bridgehead atoms. The summed E-state index contributed by atoms with van der Waals surface area (Å²) in [4.78, 5) is 26.2. The van der Waals surface area contributed by atoms with Gasteiger partial charge in [-0.15, -0.1) is 0 Å². The largest absolute Gasteiger partial charge is 0.457 e. The third-order valence-corrected chi connectivity index (χ3v) is 7.54. The number of urea groups is 1. The first-order valence-corrected chi connectivity index (χ1v) is 13.7. The highest BCUT2D eigenvalue weighted by molar-refractivity contribution is 5.90. The van der Waals surface area contributed by atoms with Crippen LogP contribution in [0.3, 0.4) is 0 Å². The molecule has 2 fully saturated rings. The number of benzene rings is 3. The van der Waals surface area contributed by atoms with E-state index in [1.165, 1.54) is 24.3 Å². The molecule has 2 N–H and O–H groups in total. The molecule has 1 saturated carbocycles. The summed E-state index contributed by atoms with van der Waals surface area (Å²) in [5.74, 6) is 1.82. The maximum atomic E-state index is 13.4. The average Bonchev–Trinajstić information content (AvgIpc) is 3.71. The van der Waals surface area contributed by atoms with Crippen LogP contribution in [0.25, 0.3) is 0 Å². The number of carbonyl (C=O) groups excluding carboxylic acids is 2. The van der Waals surface area contributed by atoms with Crippen LogP contribution in [0.5, 0.6) is 23.0 Å². The molecule has 0 unspecified atom stereocenters. The number of carbonyl (C=O) groups is 1. The van der Waals surface area contributed by atoms with Gasteiger partial charge in [-0.1, -0.05) is 26.0 Å². The van der Waals surface area contributed by atoms with Gasteiger partial charge in [-0.2, -0.15) is 0 Å². The minimum Gasteiger partial charge on any atom is -0.457 e. The molecule has 1 radical (unpaired) electrons. The van der Waals surface area contributed by atoms with Crippen molar-refractivity contribution in [2.45, 2.75) is 57.0 Å². The Labute approximate surface area is 233 Å². The van der Waals surface area contributed by atoms with Crippen LogP contribution in [0.4, 0.5) is 14.9 Å². The Hall–Kier alpha value is -3.91. The van der Waals surface area contributed by atoms with Crippen molar-refractivity contribution in [1.82, 2.24) is 4.90 Å². The lowest BCUT2D eigenvalue weighted by molar-refractivity contribution is -0.0268. The zero-order valence-corrected chi connectivity index (χ0v) is 22.8. The van der Waals surface area contributed by atoms with Crippen molar-refractivity contribution in [3.8, 4) is 23.0 Å². The standard InChI is InChI=1S/C32H34FN2O5/c1-22(2)20-32(38)13-15-35(16-14-32)30(37)34-25-17-28(19-29(18-25)40-27-9-5-24(33)6-10-27)39-26-7-3-23(4-8-26)31(21-36)11-12-31/h3-10,17-19,22,38H,11-16,20H2,1-2H3,(H,34,37). The summed E-state index contributed by atoms with van der Waals surface area (Å²) in [7, 11) is 0. The van der Waals surface area contributed by atoms with E-state index in [0.29, 0.717) is 67.0 Å². The molecule has 2 amide bonds. The van der Waals surface area contributed by atoms with E-state index in [4.69, 9.17) is 9.47 Å². The quantitative estimate of drug-likeness (QED) is 0.304. The highest BCUT2D eigenvalue weighted by Gasteiger charge is 2.45. The molecule has 209 valence electrons. The molecular weight excluding hydrogens is 511 g/mol. The van der Waals surface area contributed by atoms with E-state index in [9.17, 15) is 19.1 Å². The van der Waals surface area contributed by atoms with Crippen LogP contribution in [0.2, 0.25) is 0 Å². The summed E-state index contributed by atoms with van der Waals surface area (Å²) in [6.07, 6.45) is 5.52. The molecule has 0 atom stereocenters. The number of piperidine rings is 1. The third-order valence-electron chi connectivity index (χ3n) is 7.54. The second-order valence-electron chi connectivity index (χ2n) is 11.3. The van der Waals surface area contributed by atoms with Crippen LogP contribution >= 0.6 is 0 Å². The number of rotatable bonds is 9. The average molecular weight is 546 g/mol. The zero-order valence-electron chi connectivity index (χ0n) is 22.8. The summed E-state index contributed by atoms with van der Waals surface area (Å²) in [5.41, 5.74) is 0.148. The van der Waals surface area contributed by atoms with Crippen molar-refractivity contribution >= 4 is 18.0 Å². The molecule has 2 aliphatic rings. The molecule has 1 aliphatic carbocycles. The van der Waals surface area contributed by atoms with E-state index in [0.717, 1.165) is 18.4 Å². The van der Waals surface area contributed by atoms with Crippen LogP contribution < -0.4 is 14.8 Å². The van der Waals surface area contributed by atoms with E-state index in [2.05, 4.69) is 25.5 Å². The van der Waals surface area contributed by atoms with Gasteiger partial charge in [0.2, 0.25) is 6.29 Å². The first-order chi connectivity index (χ1) is 19.1. The fourth-order valence-electron chi connectivity index (χ4n) is 5.25. The van der Waals surface area contributed by atoms with Gasteiger partial charge in [-0.3, -0.25) is 4.79 Å². The number of halogens is 1. The number of ether oxygens (including phenoxy) is 2. The molecule has 0 spiro atoms. The minimum atomic E-state index is -0.743. The Kier molecular flexibility index (Phi) is 7.81. The number of nitrogens with one attached hydrogen (secondary N) is 1. The van der Waals surface area contributed by atoms with Crippen LogP contribution in [0.15, 0.2) is 66.7 Å². The predicted molar refractivity (Wildman–Crippen MR) is 150 cm³/mol. The summed E-state index contributed by atoms with van der Waals surface area (Å²) in [6, 6.07) is 17.7. The van der Waals surface area contributed by atoms with Crippen molar-refractivity contribution in [2.24, 2.45) is 5.92 Å². The Morgan fingerprint density at radius 1 is 0.925 bits per heavy atom. The molecule has 5 rings (SSSR count). The maximum Gasteiger partial charge on any atom is 0.321 e. The highest BCUT2D eigenvalue weighted by Crippen LogP contribution is 2.46. The number of amides is 2. The Bertz CT molecular complexity index is 1340. The highest BCUT2D eigenvalue weighted by atomic mass is 19.1. The molecule has 7 nitrogen and oxygen atoms in total. The van der Waals surface area contributed by atoms with Crippen LogP contribution in [0.1, 0.15) is 51.5 Å². The Morgan fingerprint density at radius 3 is 1.98 bits per heavy atom. The van der Waals surface area contributed by atoms with E-state index in [1.54, 1.807) is 35.2 Å². The summed E-state index contributed by atoms with van der Waals surface area (Å²) in [6.45, 7) is 5.07. The minimum absolute atomic E-state index is 0.277. The summed E-state index contributed by atoms with van der Waals surface area (Å²) < 4.78 is 25.4. The van der Waals surface area contributed by atoms with Crippen molar-refractivity contribution in [2.75, 3.05) is 18.4 Å². The lowest BCUT2D eigenvalue weighted by Gasteiger charge is -2.39.